The van der Waals surface area contributed by atoms with Gasteiger partial charge >= 0.3 is 0 Å². The number of rotatable bonds is 5. The highest BCUT2D eigenvalue weighted by molar-refractivity contribution is 6.07. The van der Waals surface area contributed by atoms with Gasteiger partial charge in [0.15, 0.2) is 5.96 Å². The second kappa shape index (κ2) is 7.65. The molecule has 0 bridgehead atoms. The summed E-state index contributed by atoms with van der Waals surface area (Å²) in [6.45, 7) is 4.94. The molecule has 142 valence electrons. The van der Waals surface area contributed by atoms with Crippen molar-refractivity contribution in [2.24, 2.45) is 17.8 Å². The molecule has 0 aromatic rings. The minimum absolute atomic E-state index is 0.0131. The maximum atomic E-state index is 13.0. The minimum Gasteiger partial charge on any atom is -0.375 e. The van der Waals surface area contributed by atoms with Crippen molar-refractivity contribution in [3.63, 3.8) is 0 Å². The zero-order chi connectivity index (χ0) is 18.0. The van der Waals surface area contributed by atoms with Gasteiger partial charge in [0.2, 0.25) is 0 Å². The number of nitrogens with one attached hydrogen (secondary N) is 2. The molecule has 0 aromatic heterocycles. The Balaban J connectivity index is 1.72. The topological polar surface area (TPSA) is 65.4 Å². The van der Waals surface area contributed by atoms with Gasteiger partial charge in [-0.15, -0.1) is 0 Å². The van der Waals surface area contributed by atoms with E-state index in [1.54, 1.807) is 7.05 Å². The van der Waals surface area contributed by atoms with Crippen LogP contribution in [0.15, 0.2) is 0 Å². The van der Waals surface area contributed by atoms with Crippen molar-refractivity contribution in [1.82, 2.24) is 10.2 Å². The number of ether oxygens (including phenoxy) is 1. The van der Waals surface area contributed by atoms with Gasteiger partial charge in [-0.3, -0.25) is 15.1 Å². The number of nitrogens with zero attached hydrogens (tertiary/aromatic N) is 1. The van der Waals surface area contributed by atoms with E-state index in [1.807, 2.05) is 0 Å². The number of carbonyl (C=O) groups is 1. The van der Waals surface area contributed by atoms with Crippen molar-refractivity contribution in [2.45, 2.75) is 83.3 Å². The highest BCUT2D eigenvalue weighted by atomic mass is 16.5. The number of carbonyl (C=O) groups excluding carboxylic acids is 1. The molecule has 0 radical (unpaired) electrons. The summed E-state index contributed by atoms with van der Waals surface area (Å²) in [5.74, 6) is 1.89. The Hall–Kier alpha value is -1.10. The average Bonchev–Trinajstić information content (AvgIpc) is 2.80. The first-order valence-corrected chi connectivity index (χ1v) is 10.2. The Bertz CT molecular complexity index is 493. The van der Waals surface area contributed by atoms with E-state index in [-0.39, 0.29) is 18.0 Å². The second-order valence-electron chi connectivity index (χ2n) is 8.79. The third-order valence-electron chi connectivity index (χ3n) is 6.73. The van der Waals surface area contributed by atoms with E-state index in [0.717, 1.165) is 6.42 Å². The van der Waals surface area contributed by atoms with Crippen LogP contribution in [0.2, 0.25) is 0 Å². The summed E-state index contributed by atoms with van der Waals surface area (Å²) in [6.07, 6.45) is 11.0. The number of hydrogen-bond acceptors (Lipinski definition) is 3. The van der Waals surface area contributed by atoms with Gasteiger partial charge in [0.05, 0.1) is 12.7 Å². The van der Waals surface area contributed by atoms with Crippen molar-refractivity contribution >= 4 is 11.9 Å². The van der Waals surface area contributed by atoms with Crippen LogP contribution in [-0.2, 0) is 9.53 Å². The van der Waals surface area contributed by atoms with E-state index in [1.165, 1.54) is 56.3 Å². The van der Waals surface area contributed by atoms with Crippen LogP contribution in [0.4, 0.5) is 0 Å². The molecule has 3 fully saturated rings. The molecule has 2 saturated carbocycles. The molecule has 1 heterocycles. The highest BCUT2D eigenvalue weighted by Gasteiger charge is 2.50. The number of likely N-dealkylation sites (N-methyl/N-ethyl adjacent to an activating group) is 1. The Kier molecular flexibility index (Phi) is 5.71. The molecule has 3 atom stereocenters. The van der Waals surface area contributed by atoms with Crippen molar-refractivity contribution in [3.05, 3.63) is 0 Å². The SMILES string of the molecule is CC1CCCC(C)C1OCC1(CC2CCCCC2)NC(=N)N(C)C1=O. The molecule has 2 aliphatic carbocycles. The summed E-state index contributed by atoms with van der Waals surface area (Å²) >= 11 is 0. The molecule has 1 saturated heterocycles. The predicted molar refractivity (Wildman–Crippen MR) is 99.5 cm³/mol. The van der Waals surface area contributed by atoms with Crippen LogP contribution in [0.1, 0.15) is 71.6 Å². The summed E-state index contributed by atoms with van der Waals surface area (Å²) < 4.78 is 6.40. The second-order valence-corrected chi connectivity index (χ2v) is 8.79. The fourth-order valence-corrected chi connectivity index (χ4v) is 5.18. The molecule has 0 spiro atoms. The molecule has 3 unspecified atom stereocenters. The molecule has 25 heavy (non-hydrogen) atoms. The third kappa shape index (κ3) is 3.86. The van der Waals surface area contributed by atoms with Crippen molar-refractivity contribution in [2.75, 3.05) is 13.7 Å². The van der Waals surface area contributed by atoms with Gasteiger partial charge < -0.3 is 10.1 Å². The van der Waals surface area contributed by atoms with Crippen LogP contribution < -0.4 is 5.32 Å². The van der Waals surface area contributed by atoms with Crippen LogP contribution in [0.5, 0.6) is 0 Å². The van der Waals surface area contributed by atoms with E-state index in [0.29, 0.717) is 24.4 Å². The van der Waals surface area contributed by atoms with Crippen LogP contribution in [0, 0.1) is 23.2 Å². The van der Waals surface area contributed by atoms with Gasteiger partial charge in [-0.05, 0) is 37.0 Å². The summed E-state index contributed by atoms with van der Waals surface area (Å²) in [4.78, 5) is 14.4. The molecule has 3 rings (SSSR count). The Morgan fingerprint density at radius 2 is 1.76 bits per heavy atom. The van der Waals surface area contributed by atoms with E-state index in [4.69, 9.17) is 10.1 Å². The monoisotopic (exact) mass is 349 g/mol. The van der Waals surface area contributed by atoms with Gasteiger partial charge in [-0.25, -0.2) is 0 Å². The minimum atomic E-state index is -0.731. The molecular weight excluding hydrogens is 314 g/mol. The average molecular weight is 350 g/mol. The zero-order valence-corrected chi connectivity index (χ0v) is 16.1. The fraction of sp³-hybridized carbons (Fsp3) is 0.900. The van der Waals surface area contributed by atoms with Crippen molar-refractivity contribution < 1.29 is 9.53 Å². The summed E-state index contributed by atoms with van der Waals surface area (Å²) in [5.41, 5.74) is -0.731. The normalized spacial score (nSPS) is 37.4. The zero-order valence-electron chi connectivity index (χ0n) is 16.1. The first kappa shape index (κ1) is 18.7. The molecule has 3 aliphatic rings. The largest absolute Gasteiger partial charge is 0.375 e. The Morgan fingerprint density at radius 3 is 2.32 bits per heavy atom. The van der Waals surface area contributed by atoms with Crippen LogP contribution in [0.25, 0.3) is 0 Å². The lowest BCUT2D eigenvalue weighted by molar-refractivity contribution is -0.137. The van der Waals surface area contributed by atoms with Gasteiger partial charge in [0, 0.05) is 7.05 Å². The Labute approximate surface area is 152 Å². The van der Waals surface area contributed by atoms with Crippen molar-refractivity contribution in [1.29, 1.82) is 5.41 Å². The van der Waals surface area contributed by atoms with Crippen LogP contribution >= 0.6 is 0 Å². The molecule has 2 N–H and O–H groups in total. The smallest absolute Gasteiger partial charge is 0.257 e. The quantitative estimate of drug-likeness (QED) is 0.798. The summed E-state index contributed by atoms with van der Waals surface area (Å²) in [6, 6.07) is 0. The molecule has 0 aromatic carbocycles. The molecular formula is C20H35N3O2. The standard InChI is InChI=1S/C20H35N3O2/c1-14-8-7-9-15(2)17(14)25-13-20(12-16-10-5-4-6-11-16)18(24)23(3)19(21)22-20/h14-17H,4-13H2,1-3H3,(H2,21,22). The first-order chi connectivity index (χ1) is 11.9. The van der Waals surface area contributed by atoms with E-state index < -0.39 is 5.54 Å². The highest BCUT2D eigenvalue weighted by Crippen LogP contribution is 2.36. The number of hydrogen-bond donors (Lipinski definition) is 2. The van der Waals surface area contributed by atoms with E-state index in [2.05, 4.69) is 19.2 Å². The van der Waals surface area contributed by atoms with Gasteiger partial charge in [0.25, 0.3) is 5.91 Å². The molecule has 1 aliphatic heterocycles. The lowest BCUT2D eigenvalue weighted by Gasteiger charge is -2.38. The number of amides is 1. The fourth-order valence-electron chi connectivity index (χ4n) is 5.18. The molecule has 1 amide bonds. The maximum absolute atomic E-state index is 13.0. The van der Waals surface area contributed by atoms with Crippen LogP contribution in [0.3, 0.4) is 0 Å². The third-order valence-corrected chi connectivity index (χ3v) is 6.73. The molecule has 5 heteroatoms. The van der Waals surface area contributed by atoms with Gasteiger partial charge in [0.1, 0.15) is 5.54 Å². The summed E-state index contributed by atoms with van der Waals surface area (Å²) in [5, 5.41) is 11.3. The van der Waals surface area contributed by atoms with Crippen molar-refractivity contribution in [3.8, 4) is 0 Å². The maximum Gasteiger partial charge on any atom is 0.257 e. The lowest BCUT2D eigenvalue weighted by atomic mass is 9.78. The summed E-state index contributed by atoms with van der Waals surface area (Å²) in [7, 11) is 1.70. The Morgan fingerprint density at radius 1 is 1.12 bits per heavy atom. The number of guanidine groups is 1. The predicted octanol–water partition coefficient (Wildman–Crippen LogP) is 3.53. The van der Waals surface area contributed by atoms with Crippen LogP contribution in [-0.4, -0.2) is 42.1 Å². The molecule has 5 nitrogen and oxygen atoms in total. The van der Waals surface area contributed by atoms with Gasteiger partial charge in [-0.1, -0.05) is 52.4 Å². The van der Waals surface area contributed by atoms with E-state index in [9.17, 15) is 4.79 Å². The van der Waals surface area contributed by atoms with Gasteiger partial charge in [-0.2, -0.15) is 0 Å². The first-order valence-electron chi connectivity index (χ1n) is 10.2. The lowest BCUT2D eigenvalue weighted by Crippen LogP contribution is -2.54. The van der Waals surface area contributed by atoms with E-state index >= 15 is 0 Å².